The second-order valence-electron chi connectivity index (χ2n) is 6.36. The summed E-state index contributed by atoms with van der Waals surface area (Å²) in [5.41, 5.74) is 2.28. The van der Waals surface area contributed by atoms with Crippen LogP contribution in [0.2, 0.25) is 0 Å². The predicted octanol–water partition coefficient (Wildman–Crippen LogP) is 2.20. The Morgan fingerprint density at radius 1 is 1.26 bits per heavy atom. The number of nitrogens with zero attached hydrogens (tertiary/aromatic N) is 1. The van der Waals surface area contributed by atoms with E-state index in [9.17, 15) is 9.59 Å². The Balaban J connectivity index is 1.61. The fraction of sp³-hybridized carbons (Fsp3) is 0.733. The summed E-state index contributed by atoms with van der Waals surface area (Å²) in [5, 5.41) is 9.07. The first-order valence-corrected chi connectivity index (χ1v) is 7.24. The first-order chi connectivity index (χ1) is 9.03. The highest BCUT2D eigenvalue weighted by Gasteiger charge is 2.59. The van der Waals surface area contributed by atoms with Crippen LogP contribution in [0.1, 0.15) is 45.4 Å². The zero-order valence-electron chi connectivity index (χ0n) is 11.4. The number of carboxylic acids is 1. The number of carbonyl (C=O) groups is 2. The Morgan fingerprint density at radius 2 is 1.95 bits per heavy atom. The Kier molecular flexibility index (Phi) is 2.91. The Labute approximate surface area is 113 Å². The van der Waals surface area contributed by atoms with E-state index in [1.807, 2.05) is 4.90 Å². The van der Waals surface area contributed by atoms with Crippen LogP contribution in [0.4, 0.5) is 0 Å². The zero-order valence-corrected chi connectivity index (χ0v) is 11.4. The number of likely N-dealkylation sites (tertiary alicyclic amines) is 1. The molecule has 19 heavy (non-hydrogen) atoms. The van der Waals surface area contributed by atoms with Crippen LogP contribution in [0.5, 0.6) is 0 Å². The minimum atomic E-state index is -0.658. The quantitative estimate of drug-likeness (QED) is 0.831. The van der Waals surface area contributed by atoms with Gasteiger partial charge in [0, 0.05) is 18.7 Å². The molecule has 0 radical (unpaired) electrons. The average molecular weight is 263 g/mol. The lowest BCUT2D eigenvalue weighted by Crippen LogP contribution is -2.40. The highest BCUT2D eigenvalue weighted by Crippen LogP contribution is 2.59. The van der Waals surface area contributed by atoms with Crippen molar-refractivity contribution in [3.8, 4) is 0 Å². The lowest BCUT2D eigenvalue weighted by molar-refractivity contribution is -0.139. The summed E-state index contributed by atoms with van der Waals surface area (Å²) in [6.45, 7) is 3.53. The molecular formula is C15H21NO3. The van der Waals surface area contributed by atoms with Gasteiger partial charge in [-0.3, -0.25) is 9.59 Å². The van der Waals surface area contributed by atoms with Gasteiger partial charge in [0.25, 0.3) is 0 Å². The molecule has 0 aromatic heterocycles. The summed E-state index contributed by atoms with van der Waals surface area (Å²) < 4.78 is 0. The van der Waals surface area contributed by atoms with Gasteiger partial charge in [-0.15, -0.1) is 0 Å². The number of allylic oxidation sites excluding steroid dienone is 1. The van der Waals surface area contributed by atoms with E-state index in [0.717, 1.165) is 57.2 Å². The summed E-state index contributed by atoms with van der Waals surface area (Å²) in [6.07, 6.45) is 5.62. The van der Waals surface area contributed by atoms with Gasteiger partial charge < -0.3 is 10.0 Å². The Morgan fingerprint density at radius 3 is 2.42 bits per heavy atom. The molecule has 2 aliphatic carbocycles. The highest BCUT2D eigenvalue weighted by molar-refractivity contribution is 5.94. The molecule has 3 aliphatic rings. The van der Waals surface area contributed by atoms with Crippen LogP contribution in [-0.4, -0.2) is 35.0 Å². The Hall–Kier alpha value is -1.32. The number of amides is 1. The first-order valence-electron chi connectivity index (χ1n) is 7.24. The van der Waals surface area contributed by atoms with Gasteiger partial charge in [0.15, 0.2) is 0 Å². The van der Waals surface area contributed by atoms with Gasteiger partial charge in [-0.25, -0.2) is 0 Å². The second-order valence-corrected chi connectivity index (χ2v) is 6.36. The summed E-state index contributed by atoms with van der Waals surface area (Å²) in [6, 6.07) is 0. The summed E-state index contributed by atoms with van der Waals surface area (Å²) in [7, 11) is 0. The minimum Gasteiger partial charge on any atom is -0.481 e. The van der Waals surface area contributed by atoms with Gasteiger partial charge in [-0.2, -0.15) is 0 Å². The van der Waals surface area contributed by atoms with Gasteiger partial charge in [0.2, 0.25) is 5.91 Å². The lowest BCUT2D eigenvalue weighted by atomic mass is 9.90. The SMILES string of the molecule is CC1=C(C(=O)N2CCC3(CC2)CC3C(=O)O)CCC1. The third-order valence-corrected chi connectivity index (χ3v) is 5.29. The molecule has 3 rings (SSSR count). The van der Waals surface area contributed by atoms with Crippen LogP contribution in [0, 0.1) is 11.3 Å². The molecule has 4 nitrogen and oxygen atoms in total. The molecule has 0 bridgehead atoms. The van der Waals surface area contributed by atoms with Gasteiger partial charge in [-0.05, 0) is 50.9 Å². The van der Waals surface area contributed by atoms with Crippen molar-refractivity contribution in [3.63, 3.8) is 0 Å². The fourth-order valence-electron chi connectivity index (χ4n) is 3.78. The van der Waals surface area contributed by atoms with E-state index in [2.05, 4.69) is 6.92 Å². The van der Waals surface area contributed by atoms with Crippen LogP contribution in [-0.2, 0) is 9.59 Å². The number of hydrogen-bond donors (Lipinski definition) is 1. The first kappa shape index (κ1) is 12.7. The highest BCUT2D eigenvalue weighted by atomic mass is 16.4. The third-order valence-electron chi connectivity index (χ3n) is 5.29. The van der Waals surface area contributed by atoms with Crippen molar-refractivity contribution in [2.24, 2.45) is 11.3 Å². The maximum absolute atomic E-state index is 12.4. The van der Waals surface area contributed by atoms with Crippen LogP contribution in [0.25, 0.3) is 0 Å². The van der Waals surface area contributed by atoms with Crippen molar-refractivity contribution < 1.29 is 14.7 Å². The molecule has 4 heteroatoms. The van der Waals surface area contributed by atoms with Crippen molar-refractivity contribution in [3.05, 3.63) is 11.1 Å². The minimum absolute atomic E-state index is 0.0156. The van der Waals surface area contributed by atoms with Crippen LogP contribution >= 0.6 is 0 Å². The number of hydrogen-bond acceptors (Lipinski definition) is 2. The molecule has 0 aromatic carbocycles. The number of carbonyl (C=O) groups excluding carboxylic acids is 1. The number of aliphatic carboxylic acids is 1. The summed E-state index contributed by atoms with van der Waals surface area (Å²) in [4.78, 5) is 25.4. The van der Waals surface area contributed by atoms with E-state index >= 15 is 0 Å². The van der Waals surface area contributed by atoms with Gasteiger partial charge in [-0.1, -0.05) is 5.57 Å². The topological polar surface area (TPSA) is 57.6 Å². The van der Waals surface area contributed by atoms with Crippen molar-refractivity contribution in [1.29, 1.82) is 0 Å². The number of piperidine rings is 1. The van der Waals surface area contributed by atoms with Crippen LogP contribution in [0.3, 0.4) is 0 Å². The monoisotopic (exact) mass is 263 g/mol. The van der Waals surface area contributed by atoms with Crippen molar-refractivity contribution >= 4 is 11.9 Å². The molecular weight excluding hydrogens is 242 g/mol. The largest absolute Gasteiger partial charge is 0.481 e. The molecule has 1 amide bonds. The maximum atomic E-state index is 12.4. The third kappa shape index (κ3) is 2.07. The molecule has 2 fully saturated rings. The zero-order chi connectivity index (χ0) is 13.6. The van der Waals surface area contributed by atoms with E-state index < -0.39 is 5.97 Å². The predicted molar refractivity (Wildman–Crippen MR) is 70.5 cm³/mol. The van der Waals surface area contributed by atoms with Crippen molar-refractivity contribution in [2.45, 2.75) is 45.4 Å². The summed E-state index contributed by atoms with van der Waals surface area (Å²) in [5.74, 6) is -0.608. The smallest absolute Gasteiger partial charge is 0.307 e. The van der Waals surface area contributed by atoms with E-state index in [1.54, 1.807) is 0 Å². The van der Waals surface area contributed by atoms with E-state index in [4.69, 9.17) is 5.11 Å². The Bertz CT molecular complexity index is 458. The van der Waals surface area contributed by atoms with Gasteiger partial charge in [0.1, 0.15) is 0 Å². The van der Waals surface area contributed by atoms with Crippen molar-refractivity contribution in [2.75, 3.05) is 13.1 Å². The normalized spacial score (nSPS) is 28.9. The van der Waals surface area contributed by atoms with Crippen LogP contribution in [0.15, 0.2) is 11.1 Å². The van der Waals surface area contributed by atoms with Gasteiger partial charge in [0.05, 0.1) is 5.92 Å². The second kappa shape index (κ2) is 4.36. The average Bonchev–Trinajstić information content (AvgIpc) is 2.92. The molecule has 1 aliphatic heterocycles. The number of carboxylic acid groups (broad SMARTS) is 1. The number of rotatable bonds is 2. The fourth-order valence-corrected chi connectivity index (χ4v) is 3.78. The van der Waals surface area contributed by atoms with Crippen LogP contribution < -0.4 is 0 Å². The molecule has 1 spiro atoms. The molecule has 1 unspecified atom stereocenters. The van der Waals surface area contributed by atoms with Crippen molar-refractivity contribution in [1.82, 2.24) is 4.90 Å². The lowest BCUT2D eigenvalue weighted by Gasteiger charge is -2.33. The van der Waals surface area contributed by atoms with Gasteiger partial charge >= 0.3 is 5.97 Å². The molecule has 1 N–H and O–H groups in total. The molecule has 0 aromatic rings. The molecule has 1 heterocycles. The van der Waals surface area contributed by atoms with E-state index in [0.29, 0.717) is 0 Å². The molecule has 104 valence electrons. The standard InChI is InChI=1S/C15H21NO3/c1-10-3-2-4-11(10)13(17)16-7-5-15(6-8-16)9-12(15)14(18)19/h12H,2-9H2,1H3,(H,18,19). The molecule has 1 saturated heterocycles. The van der Waals surface area contributed by atoms with E-state index in [1.165, 1.54) is 5.57 Å². The molecule has 1 saturated carbocycles. The van der Waals surface area contributed by atoms with E-state index in [-0.39, 0.29) is 17.2 Å². The molecule has 1 atom stereocenters. The summed E-state index contributed by atoms with van der Waals surface area (Å²) >= 11 is 0. The maximum Gasteiger partial charge on any atom is 0.307 e.